The molecule has 1 heterocycles. The standard InChI is InChI=1S/C20H29N3O4S/c1-6-21-19(23-13-20(2,24)15-7-8-28-12-15)22-11-14-9-16(25-3)18(27-5)17(10-14)26-4/h7-10,12,24H,6,11,13H2,1-5H3,(H2,21,22,23). The van der Waals surface area contributed by atoms with Crippen molar-refractivity contribution < 1.29 is 19.3 Å². The van der Waals surface area contributed by atoms with E-state index in [9.17, 15) is 5.11 Å². The van der Waals surface area contributed by atoms with Gasteiger partial charge in [0.2, 0.25) is 5.75 Å². The van der Waals surface area contributed by atoms with Gasteiger partial charge in [0.1, 0.15) is 5.60 Å². The molecule has 1 unspecified atom stereocenters. The highest BCUT2D eigenvalue weighted by atomic mass is 32.1. The highest BCUT2D eigenvalue weighted by molar-refractivity contribution is 7.08. The van der Waals surface area contributed by atoms with Crippen LogP contribution in [-0.4, -0.2) is 45.5 Å². The molecule has 7 nitrogen and oxygen atoms in total. The van der Waals surface area contributed by atoms with Gasteiger partial charge in [-0.15, -0.1) is 0 Å². The number of methoxy groups -OCH3 is 3. The predicted octanol–water partition coefficient (Wildman–Crippen LogP) is 2.74. The molecule has 154 valence electrons. The van der Waals surface area contributed by atoms with Crippen LogP contribution >= 0.6 is 11.3 Å². The fourth-order valence-corrected chi connectivity index (χ4v) is 3.45. The summed E-state index contributed by atoms with van der Waals surface area (Å²) >= 11 is 1.56. The number of guanidine groups is 1. The lowest BCUT2D eigenvalue weighted by Gasteiger charge is -2.24. The predicted molar refractivity (Wildman–Crippen MR) is 113 cm³/mol. The van der Waals surface area contributed by atoms with E-state index in [4.69, 9.17) is 14.2 Å². The smallest absolute Gasteiger partial charge is 0.203 e. The van der Waals surface area contributed by atoms with Gasteiger partial charge >= 0.3 is 0 Å². The Kier molecular flexibility index (Phi) is 7.95. The fraction of sp³-hybridized carbons (Fsp3) is 0.450. The molecule has 0 radical (unpaired) electrons. The van der Waals surface area contributed by atoms with E-state index in [1.807, 2.05) is 35.9 Å². The van der Waals surface area contributed by atoms with Gasteiger partial charge < -0.3 is 30.0 Å². The number of nitrogens with one attached hydrogen (secondary N) is 2. The number of rotatable bonds is 9. The van der Waals surface area contributed by atoms with E-state index in [0.717, 1.165) is 11.1 Å². The molecule has 1 aromatic heterocycles. The third-order valence-electron chi connectivity index (χ3n) is 4.23. The highest BCUT2D eigenvalue weighted by Gasteiger charge is 2.23. The van der Waals surface area contributed by atoms with Crippen LogP contribution in [0.15, 0.2) is 34.0 Å². The first-order valence-electron chi connectivity index (χ1n) is 9.01. The van der Waals surface area contributed by atoms with Crippen molar-refractivity contribution in [2.75, 3.05) is 34.4 Å². The molecule has 0 aliphatic carbocycles. The van der Waals surface area contributed by atoms with Crippen molar-refractivity contribution in [3.05, 3.63) is 40.1 Å². The maximum absolute atomic E-state index is 10.7. The Morgan fingerprint density at radius 2 is 1.82 bits per heavy atom. The van der Waals surface area contributed by atoms with Gasteiger partial charge in [0.15, 0.2) is 17.5 Å². The number of thiophene rings is 1. The van der Waals surface area contributed by atoms with E-state index in [0.29, 0.717) is 42.8 Å². The number of aliphatic imine (C=N–C) groups is 1. The molecule has 3 N–H and O–H groups in total. The van der Waals surface area contributed by atoms with Crippen LogP contribution in [0.5, 0.6) is 17.2 Å². The second-order valence-corrected chi connectivity index (χ2v) is 7.15. The average Bonchev–Trinajstić information content (AvgIpc) is 3.25. The number of benzene rings is 1. The Hall–Kier alpha value is -2.45. The first kappa shape index (κ1) is 21.8. The van der Waals surface area contributed by atoms with E-state index < -0.39 is 5.60 Å². The zero-order valence-electron chi connectivity index (χ0n) is 17.0. The molecule has 0 fully saturated rings. The van der Waals surface area contributed by atoms with E-state index in [1.165, 1.54) is 0 Å². The summed E-state index contributed by atoms with van der Waals surface area (Å²) in [6.07, 6.45) is 0. The number of nitrogens with zero attached hydrogens (tertiary/aromatic N) is 1. The van der Waals surface area contributed by atoms with Gasteiger partial charge in [0.05, 0.1) is 34.4 Å². The molecule has 1 aromatic carbocycles. The maximum atomic E-state index is 10.7. The molecular weight excluding hydrogens is 378 g/mol. The van der Waals surface area contributed by atoms with Gasteiger partial charge in [0.25, 0.3) is 0 Å². The van der Waals surface area contributed by atoms with Crippen LogP contribution in [0.2, 0.25) is 0 Å². The Labute approximate surface area is 170 Å². The van der Waals surface area contributed by atoms with Crippen molar-refractivity contribution in [1.82, 2.24) is 10.6 Å². The molecule has 0 aliphatic rings. The van der Waals surface area contributed by atoms with Gasteiger partial charge in [-0.1, -0.05) is 0 Å². The summed E-state index contributed by atoms with van der Waals surface area (Å²) in [5.74, 6) is 2.34. The maximum Gasteiger partial charge on any atom is 0.203 e. The van der Waals surface area contributed by atoms with Gasteiger partial charge in [-0.05, 0) is 53.9 Å². The summed E-state index contributed by atoms with van der Waals surface area (Å²) in [5, 5.41) is 21.0. The van der Waals surface area contributed by atoms with Crippen molar-refractivity contribution in [2.24, 2.45) is 4.99 Å². The van der Waals surface area contributed by atoms with E-state index in [1.54, 1.807) is 39.6 Å². The minimum atomic E-state index is -0.983. The molecule has 0 saturated heterocycles. The molecule has 0 aliphatic heterocycles. The molecule has 0 saturated carbocycles. The lowest BCUT2D eigenvalue weighted by atomic mass is 9.99. The van der Waals surface area contributed by atoms with Crippen molar-refractivity contribution in [3.8, 4) is 17.2 Å². The van der Waals surface area contributed by atoms with Crippen LogP contribution in [0, 0.1) is 0 Å². The fourth-order valence-electron chi connectivity index (χ4n) is 2.67. The van der Waals surface area contributed by atoms with E-state index in [-0.39, 0.29) is 0 Å². The zero-order chi connectivity index (χ0) is 20.6. The summed E-state index contributed by atoms with van der Waals surface area (Å²) in [7, 11) is 4.75. The first-order valence-corrected chi connectivity index (χ1v) is 9.95. The monoisotopic (exact) mass is 407 g/mol. The molecule has 8 heteroatoms. The van der Waals surface area contributed by atoms with Crippen LogP contribution in [0.25, 0.3) is 0 Å². The molecule has 0 spiro atoms. The first-order chi connectivity index (χ1) is 13.4. The summed E-state index contributed by atoms with van der Waals surface area (Å²) in [6, 6.07) is 5.66. The molecule has 28 heavy (non-hydrogen) atoms. The van der Waals surface area contributed by atoms with Gasteiger partial charge in [-0.25, -0.2) is 4.99 Å². The van der Waals surface area contributed by atoms with Crippen LogP contribution in [0.3, 0.4) is 0 Å². The molecule has 0 amide bonds. The summed E-state index contributed by atoms with van der Waals surface area (Å²) in [6.45, 7) is 5.23. The lowest BCUT2D eigenvalue weighted by molar-refractivity contribution is 0.0621. The largest absolute Gasteiger partial charge is 0.493 e. The second kappa shape index (κ2) is 10.2. The van der Waals surface area contributed by atoms with Gasteiger partial charge in [-0.3, -0.25) is 0 Å². The van der Waals surface area contributed by atoms with Crippen molar-refractivity contribution in [3.63, 3.8) is 0 Å². The van der Waals surface area contributed by atoms with Crippen molar-refractivity contribution in [1.29, 1.82) is 0 Å². The lowest BCUT2D eigenvalue weighted by Crippen LogP contribution is -2.44. The topological polar surface area (TPSA) is 84.3 Å². The normalized spacial score (nSPS) is 13.6. The third kappa shape index (κ3) is 5.53. The van der Waals surface area contributed by atoms with Gasteiger partial charge in [-0.2, -0.15) is 11.3 Å². The SMILES string of the molecule is CCNC(=NCc1cc(OC)c(OC)c(OC)c1)NCC(C)(O)c1ccsc1. The number of aliphatic hydroxyl groups is 1. The quantitative estimate of drug-likeness (QED) is 0.438. The Morgan fingerprint density at radius 1 is 1.14 bits per heavy atom. The minimum Gasteiger partial charge on any atom is -0.493 e. The average molecular weight is 408 g/mol. The van der Waals surface area contributed by atoms with Crippen LogP contribution in [-0.2, 0) is 12.1 Å². The molecular formula is C20H29N3O4S. The number of hydrogen-bond acceptors (Lipinski definition) is 6. The van der Waals surface area contributed by atoms with Gasteiger partial charge in [0, 0.05) is 6.54 Å². The number of ether oxygens (including phenoxy) is 3. The van der Waals surface area contributed by atoms with Crippen LogP contribution < -0.4 is 24.8 Å². The van der Waals surface area contributed by atoms with E-state index in [2.05, 4.69) is 15.6 Å². The molecule has 2 aromatic rings. The Bertz CT molecular complexity index is 751. The molecule has 0 bridgehead atoms. The Balaban J connectivity index is 2.14. The van der Waals surface area contributed by atoms with Crippen molar-refractivity contribution in [2.45, 2.75) is 26.0 Å². The summed E-state index contributed by atoms with van der Waals surface area (Å²) < 4.78 is 16.1. The summed E-state index contributed by atoms with van der Waals surface area (Å²) in [5.41, 5.74) is 0.810. The second-order valence-electron chi connectivity index (χ2n) is 6.37. The van der Waals surface area contributed by atoms with E-state index >= 15 is 0 Å². The third-order valence-corrected chi connectivity index (χ3v) is 4.91. The highest BCUT2D eigenvalue weighted by Crippen LogP contribution is 2.38. The van der Waals surface area contributed by atoms with Crippen LogP contribution in [0.4, 0.5) is 0 Å². The molecule has 1 atom stereocenters. The molecule has 2 rings (SSSR count). The zero-order valence-corrected chi connectivity index (χ0v) is 17.9. The minimum absolute atomic E-state index is 0.338. The summed E-state index contributed by atoms with van der Waals surface area (Å²) in [4.78, 5) is 4.61. The Morgan fingerprint density at radius 3 is 2.32 bits per heavy atom. The van der Waals surface area contributed by atoms with Crippen molar-refractivity contribution >= 4 is 17.3 Å². The number of hydrogen-bond donors (Lipinski definition) is 3. The van der Waals surface area contributed by atoms with Crippen LogP contribution in [0.1, 0.15) is 25.0 Å².